The summed E-state index contributed by atoms with van der Waals surface area (Å²) in [5.74, 6) is 0. The molecule has 3 rings (SSSR count). The maximum absolute atomic E-state index is 4.22. The van der Waals surface area contributed by atoms with E-state index >= 15 is 0 Å². The average Bonchev–Trinajstić information content (AvgIpc) is 2.84. The third kappa shape index (κ3) is 1.68. The molecule has 3 heterocycles. The molecular formula is C11H12BrN3. The number of pyridine rings is 1. The van der Waals surface area contributed by atoms with Crippen LogP contribution in [0.5, 0.6) is 0 Å². The van der Waals surface area contributed by atoms with Crippen molar-refractivity contribution in [3.8, 4) is 0 Å². The number of fused-ring (bicyclic) bond motifs is 1. The number of rotatable bonds is 1. The standard InChI is InChI=1S/C11H12BrN3/c12-11-5-9-7(6-14-11)4-10(15-9)8-2-1-3-13-8/h4-6,8,13,15H,1-3H2/t8-/m1/s1. The maximum Gasteiger partial charge on any atom is 0.108 e. The minimum Gasteiger partial charge on any atom is -0.357 e. The van der Waals surface area contributed by atoms with Gasteiger partial charge in [-0.1, -0.05) is 0 Å². The van der Waals surface area contributed by atoms with Crippen LogP contribution in [0.2, 0.25) is 0 Å². The summed E-state index contributed by atoms with van der Waals surface area (Å²) in [6.45, 7) is 1.13. The highest BCUT2D eigenvalue weighted by molar-refractivity contribution is 9.10. The van der Waals surface area contributed by atoms with Crippen LogP contribution < -0.4 is 5.32 Å². The first-order valence-electron chi connectivity index (χ1n) is 5.20. The van der Waals surface area contributed by atoms with E-state index in [2.05, 4.69) is 37.3 Å². The maximum atomic E-state index is 4.22. The first-order chi connectivity index (χ1) is 7.33. The Balaban J connectivity index is 2.05. The van der Waals surface area contributed by atoms with Crippen molar-refractivity contribution < 1.29 is 0 Å². The SMILES string of the molecule is Brc1cc2[nH]c([C@H]3CCCN3)cc2cn1. The van der Waals surface area contributed by atoms with Gasteiger partial charge in [0.15, 0.2) is 0 Å². The highest BCUT2D eigenvalue weighted by atomic mass is 79.9. The Morgan fingerprint density at radius 3 is 3.13 bits per heavy atom. The van der Waals surface area contributed by atoms with Crippen LogP contribution in [0.4, 0.5) is 0 Å². The molecule has 1 atom stereocenters. The van der Waals surface area contributed by atoms with E-state index in [0.717, 1.165) is 16.7 Å². The lowest BCUT2D eigenvalue weighted by Gasteiger charge is -2.06. The first-order valence-corrected chi connectivity index (χ1v) is 6.00. The summed E-state index contributed by atoms with van der Waals surface area (Å²) in [5, 5.41) is 4.67. The van der Waals surface area contributed by atoms with E-state index in [9.17, 15) is 0 Å². The highest BCUT2D eigenvalue weighted by Gasteiger charge is 2.17. The monoisotopic (exact) mass is 265 g/mol. The van der Waals surface area contributed by atoms with Gasteiger partial charge in [-0.2, -0.15) is 0 Å². The van der Waals surface area contributed by atoms with Crippen molar-refractivity contribution in [3.63, 3.8) is 0 Å². The molecule has 4 heteroatoms. The molecule has 1 aliphatic heterocycles. The Labute approximate surface area is 96.4 Å². The molecule has 1 saturated heterocycles. The summed E-state index contributed by atoms with van der Waals surface area (Å²) in [6.07, 6.45) is 4.39. The molecule has 0 aromatic carbocycles. The van der Waals surface area contributed by atoms with Gasteiger partial charge >= 0.3 is 0 Å². The van der Waals surface area contributed by atoms with Crippen LogP contribution in [0.15, 0.2) is 22.9 Å². The fraction of sp³-hybridized carbons (Fsp3) is 0.364. The Kier molecular flexibility index (Phi) is 2.25. The number of nitrogens with one attached hydrogen (secondary N) is 2. The molecule has 0 amide bonds. The Hall–Kier alpha value is -0.870. The molecule has 2 aromatic rings. The third-order valence-electron chi connectivity index (χ3n) is 2.93. The van der Waals surface area contributed by atoms with Crippen molar-refractivity contribution in [2.75, 3.05) is 6.54 Å². The minimum absolute atomic E-state index is 0.496. The lowest BCUT2D eigenvalue weighted by Crippen LogP contribution is -2.12. The second-order valence-electron chi connectivity index (χ2n) is 3.97. The molecule has 0 spiro atoms. The van der Waals surface area contributed by atoms with E-state index in [0.29, 0.717) is 6.04 Å². The Morgan fingerprint density at radius 2 is 2.33 bits per heavy atom. The van der Waals surface area contributed by atoms with Gasteiger partial charge in [-0.25, -0.2) is 4.98 Å². The van der Waals surface area contributed by atoms with Gasteiger partial charge in [0.1, 0.15) is 4.60 Å². The van der Waals surface area contributed by atoms with Gasteiger partial charge in [-0.15, -0.1) is 0 Å². The Morgan fingerprint density at radius 1 is 1.40 bits per heavy atom. The predicted octanol–water partition coefficient (Wildman–Crippen LogP) is 2.75. The quantitative estimate of drug-likeness (QED) is 0.779. The van der Waals surface area contributed by atoms with Crippen LogP contribution in [0.3, 0.4) is 0 Å². The summed E-state index contributed by atoms with van der Waals surface area (Å²) in [7, 11) is 0. The van der Waals surface area contributed by atoms with Crippen LogP contribution in [-0.4, -0.2) is 16.5 Å². The molecule has 2 aromatic heterocycles. The van der Waals surface area contributed by atoms with E-state index in [4.69, 9.17) is 0 Å². The number of nitrogens with zero attached hydrogens (tertiary/aromatic N) is 1. The number of H-pyrrole nitrogens is 1. The average molecular weight is 266 g/mol. The number of hydrogen-bond donors (Lipinski definition) is 2. The van der Waals surface area contributed by atoms with Gasteiger partial charge in [-0.05, 0) is 47.4 Å². The fourth-order valence-electron chi connectivity index (χ4n) is 2.16. The van der Waals surface area contributed by atoms with Crippen LogP contribution >= 0.6 is 15.9 Å². The summed E-state index contributed by atoms with van der Waals surface area (Å²) in [5.41, 5.74) is 2.43. The Bertz CT molecular complexity index is 486. The van der Waals surface area contributed by atoms with Crippen molar-refractivity contribution >= 4 is 26.8 Å². The second kappa shape index (κ2) is 3.61. The largest absolute Gasteiger partial charge is 0.357 e. The number of aromatic amines is 1. The lowest BCUT2D eigenvalue weighted by atomic mass is 10.1. The number of aromatic nitrogens is 2. The zero-order chi connectivity index (χ0) is 10.3. The van der Waals surface area contributed by atoms with Crippen LogP contribution in [0, 0.1) is 0 Å². The molecule has 0 bridgehead atoms. The topological polar surface area (TPSA) is 40.7 Å². The molecule has 3 nitrogen and oxygen atoms in total. The zero-order valence-electron chi connectivity index (χ0n) is 8.26. The van der Waals surface area contributed by atoms with Gasteiger partial charge in [0.05, 0.1) is 0 Å². The summed E-state index contributed by atoms with van der Waals surface area (Å²) in [4.78, 5) is 7.67. The molecule has 0 saturated carbocycles. The molecule has 15 heavy (non-hydrogen) atoms. The van der Waals surface area contributed by atoms with Crippen LogP contribution in [0.25, 0.3) is 10.9 Å². The second-order valence-corrected chi connectivity index (χ2v) is 4.78. The van der Waals surface area contributed by atoms with Crippen molar-refractivity contribution in [1.82, 2.24) is 15.3 Å². The van der Waals surface area contributed by atoms with E-state index in [1.165, 1.54) is 23.9 Å². The molecule has 0 radical (unpaired) electrons. The molecule has 0 unspecified atom stereocenters. The van der Waals surface area contributed by atoms with Crippen molar-refractivity contribution in [2.45, 2.75) is 18.9 Å². The molecule has 0 aliphatic carbocycles. The fourth-order valence-corrected chi connectivity index (χ4v) is 2.49. The van der Waals surface area contributed by atoms with Gasteiger partial charge in [0.2, 0.25) is 0 Å². The van der Waals surface area contributed by atoms with Crippen molar-refractivity contribution in [1.29, 1.82) is 0 Å². The van der Waals surface area contributed by atoms with Gasteiger partial charge in [0, 0.05) is 28.8 Å². The number of hydrogen-bond acceptors (Lipinski definition) is 2. The summed E-state index contributed by atoms with van der Waals surface area (Å²) < 4.78 is 0.878. The van der Waals surface area contributed by atoms with Crippen molar-refractivity contribution in [3.05, 3.63) is 28.6 Å². The summed E-state index contributed by atoms with van der Waals surface area (Å²) >= 11 is 3.38. The van der Waals surface area contributed by atoms with E-state index in [1.807, 2.05) is 12.3 Å². The van der Waals surface area contributed by atoms with E-state index < -0.39 is 0 Å². The predicted molar refractivity (Wildman–Crippen MR) is 63.8 cm³/mol. The molecule has 2 N–H and O–H groups in total. The van der Waals surface area contributed by atoms with E-state index in [1.54, 1.807) is 0 Å². The lowest BCUT2D eigenvalue weighted by molar-refractivity contribution is 0.633. The minimum atomic E-state index is 0.496. The molecule has 1 fully saturated rings. The van der Waals surface area contributed by atoms with Crippen molar-refractivity contribution in [2.24, 2.45) is 0 Å². The molecule has 78 valence electrons. The first kappa shape index (κ1) is 9.36. The van der Waals surface area contributed by atoms with Gasteiger partial charge in [0.25, 0.3) is 0 Å². The number of halogens is 1. The zero-order valence-corrected chi connectivity index (χ0v) is 9.84. The van der Waals surface area contributed by atoms with Crippen LogP contribution in [-0.2, 0) is 0 Å². The van der Waals surface area contributed by atoms with E-state index in [-0.39, 0.29) is 0 Å². The third-order valence-corrected chi connectivity index (χ3v) is 3.36. The van der Waals surface area contributed by atoms with Crippen LogP contribution in [0.1, 0.15) is 24.6 Å². The summed E-state index contributed by atoms with van der Waals surface area (Å²) in [6, 6.07) is 4.71. The molecular weight excluding hydrogens is 254 g/mol. The smallest absolute Gasteiger partial charge is 0.108 e. The molecule has 1 aliphatic rings. The van der Waals surface area contributed by atoms with Gasteiger partial charge in [-0.3, -0.25) is 0 Å². The van der Waals surface area contributed by atoms with Gasteiger partial charge < -0.3 is 10.3 Å². The highest BCUT2D eigenvalue weighted by Crippen LogP contribution is 2.26. The normalized spacial score (nSPS) is 21.3.